The maximum atomic E-state index is 14.1. The van der Waals surface area contributed by atoms with E-state index < -0.39 is 17.9 Å². The van der Waals surface area contributed by atoms with E-state index in [1.807, 2.05) is 36.4 Å². The van der Waals surface area contributed by atoms with Gasteiger partial charge in [0.1, 0.15) is 6.04 Å². The molecule has 3 aromatic rings. The molecule has 4 fully saturated rings. The van der Waals surface area contributed by atoms with Crippen molar-refractivity contribution in [2.45, 2.75) is 134 Å². The van der Waals surface area contributed by atoms with Crippen LogP contribution in [-0.4, -0.2) is 108 Å². The molecule has 7 atom stereocenters. The van der Waals surface area contributed by atoms with Crippen molar-refractivity contribution in [1.82, 2.24) is 30.7 Å². The van der Waals surface area contributed by atoms with Crippen molar-refractivity contribution in [1.29, 1.82) is 0 Å². The zero-order valence-corrected chi connectivity index (χ0v) is 38.6. The van der Waals surface area contributed by atoms with Crippen LogP contribution in [0.1, 0.15) is 147 Å². The molecule has 65 heavy (non-hydrogen) atoms. The van der Waals surface area contributed by atoms with E-state index >= 15 is 0 Å². The average molecular weight is 887 g/mol. The number of carbonyl (C=O) groups excluding carboxylic acids is 6. The highest BCUT2D eigenvalue weighted by Crippen LogP contribution is 2.42. The van der Waals surface area contributed by atoms with Crippen LogP contribution in [0.25, 0.3) is 0 Å². The van der Waals surface area contributed by atoms with Gasteiger partial charge in [-0.05, 0) is 61.1 Å². The smallest absolute Gasteiger partial charge is 0.253 e. The molecule has 0 spiro atoms. The summed E-state index contributed by atoms with van der Waals surface area (Å²) >= 11 is 0. The van der Waals surface area contributed by atoms with Crippen LogP contribution in [0.3, 0.4) is 0 Å². The molecule has 1 unspecified atom stereocenters. The van der Waals surface area contributed by atoms with E-state index in [1.165, 1.54) is 36.8 Å². The lowest BCUT2D eigenvalue weighted by Crippen LogP contribution is -2.61. The summed E-state index contributed by atoms with van der Waals surface area (Å²) in [6.07, 6.45) is 13.8. The summed E-state index contributed by atoms with van der Waals surface area (Å²) in [6.45, 7) is 5.71. The highest BCUT2D eigenvalue weighted by atomic mass is 16.2. The molecule has 3 aromatic carbocycles. The molecule has 4 aliphatic rings. The molecule has 12 heteroatoms. The normalized spacial score (nSPS) is 23.4. The fourth-order valence-corrected chi connectivity index (χ4v) is 9.80. The molecule has 0 bridgehead atoms. The number of amides is 6. The van der Waals surface area contributed by atoms with Gasteiger partial charge in [-0.25, -0.2) is 0 Å². The van der Waals surface area contributed by atoms with Crippen molar-refractivity contribution < 1.29 is 28.8 Å². The first-order valence-corrected chi connectivity index (χ1v) is 24.6. The fourth-order valence-electron chi connectivity index (χ4n) is 9.80. The second-order valence-electron chi connectivity index (χ2n) is 18.8. The van der Waals surface area contributed by atoms with Gasteiger partial charge in [0.05, 0.1) is 18.4 Å². The van der Waals surface area contributed by atoms with Gasteiger partial charge in [-0.15, -0.1) is 0 Å². The van der Waals surface area contributed by atoms with Gasteiger partial charge < -0.3 is 30.7 Å². The Morgan fingerprint density at radius 2 is 1.00 bits per heavy atom. The molecule has 3 N–H and O–H groups in total. The molecule has 0 aromatic heterocycles. The summed E-state index contributed by atoms with van der Waals surface area (Å²) in [5.74, 6) is -2.30. The minimum Gasteiger partial charge on any atom is -0.354 e. The summed E-state index contributed by atoms with van der Waals surface area (Å²) in [6, 6.07) is 25.8. The predicted molar refractivity (Wildman–Crippen MR) is 252 cm³/mol. The van der Waals surface area contributed by atoms with E-state index in [1.54, 1.807) is 39.0 Å². The number of rotatable bonds is 22. The predicted octanol–water partition coefficient (Wildman–Crippen LogP) is 7.21. The van der Waals surface area contributed by atoms with Gasteiger partial charge >= 0.3 is 0 Å². The van der Waals surface area contributed by atoms with Crippen LogP contribution in [0.2, 0.25) is 0 Å². The molecule has 2 aliphatic heterocycles. The van der Waals surface area contributed by atoms with Crippen molar-refractivity contribution in [3.05, 3.63) is 107 Å². The van der Waals surface area contributed by atoms with Crippen LogP contribution >= 0.6 is 0 Å². The quantitative estimate of drug-likeness (QED) is 0.0910. The van der Waals surface area contributed by atoms with Gasteiger partial charge in [0.25, 0.3) is 11.8 Å². The average Bonchev–Trinajstić information content (AvgIpc) is 4.25. The van der Waals surface area contributed by atoms with Crippen molar-refractivity contribution in [2.24, 2.45) is 11.8 Å². The van der Waals surface area contributed by atoms with E-state index in [-0.39, 0.29) is 85.5 Å². The third kappa shape index (κ3) is 12.6. The van der Waals surface area contributed by atoms with Gasteiger partial charge in [0.2, 0.25) is 23.6 Å². The summed E-state index contributed by atoms with van der Waals surface area (Å²) < 4.78 is 0. The summed E-state index contributed by atoms with van der Waals surface area (Å²) in [5.41, 5.74) is 3.06. The molecule has 2 heterocycles. The van der Waals surface area contributed by atoms with Crippen molar-refractivity contribution >= 4 is 35.4 Å². The number of piperazine rings is 1. The van der Waals surface area contributed by atoms with E-state index in [9.17, 15) is 28.8 Å². The lowest BCUT2D eigenvalue weighted by atomic mass is 9.94. The maximum absolute atomic E-state index is 14.1. The third-order valence-electron chi connectivity index (χ3n) is 14.0. The van der Waals surface area contributed by atoms with E-state index in [0.29, 0.717) is 30.6 Å². The van der Waals surface area contributed by atoms with Crippen LogP contribution in [0, 0.1) is 11.8 Å². The first kappa shape index (κ1) is 47.4. The molecule has 348 valence electrons. The molecular formula is C53H70N6O6. The Morgan fingerprint density at radius 3 is 1.52 bits per heavy atom. The largest absolute Gasteiger partial charge is 0.354 e. The number of carbonyl (C=O) groups is 6. The van der Waals surface area contributed by atoms with Crippen LogP contribution in [0.15, 0.2) is 84.9 Å². The number of unbranched alkanes of at least 4 members (excludes halogenated alkanes) is 9. The molecular weight excluding hydrogens is 817 g/mol. The Labute approximate surface area is 385 Å². The topological polar surface area (TPSA) is 148 Å². The Morgan fingerprint density at radius 1 is 0.523 bits per heavy atom. The van der Waals surface area contributed by atoms with Crippen LogP contribution in [-0.2, 0) is 19.2 Å². The number of nitrogens with one attached hydrogen (secondary N) is 3. The lowest BCUT2D eigenvalue weighted by Gasteiger charge is -2.40. The first-order chi connectivity index (χ1) is 31.7. The van der Waals surface area contributed by atoms with E-state index in [2.05, 4.69) is 54.1 Å². The number of nitrogens with zero attached hydrogens (tertiary/aromatic N) is 3. The Kier molecular flexibility index (Phi) is 16.9. The minimum absolute atomic E-state index is 0.0204. The minimum atomic E-state index is -0.782. The molecule has 7 rings (SSSR count). The summed E-state index contributed by atoms with van der Waals surface area (Å²) in [5, 5.41) is 9.42. The van der Waals surface area contributed by atoms with Gasteiger partial charge in [-0.1, -0.05) is 132 Å². The standard InChI is InChI=1S/C53H70N6O6/c1-3-5-7-9-10-11-18-24-48(60)59-31-30-57(36-47(59)51(63)54-29-19-8-6-4-2)52(64)39-25-27-40(28-26-39)53(65)58-34-43(49(61)55-45-32-41(45)37-20-14-12-15-21-37)44(35-58)50(62)56-46-33-42(46)38-22-16-13-17-23-38/h12-17,20-23,25-28,41-47H,3-11,18-19,24,29-36H2,1-2H3,(H,54,63)(H,55,61)(H,56,62)/t41-,42-,43-,44-,45+,46+,47?/m1/s1. The summed E-state index contributed by atoms with van der Waals surface area (Å²) in [7, 11) is 0. The van der Waals surface area contributed by atoms with Crippen molar-refractivity contribution in [2.75, 3.05) is 39.3 Å². The van der Waals surface area contributed by atoms with Gasteiger partial charge in [0, 0.05) is 74.2 Å². The van der Waals surface area contributed by atoms with Crippen LogP contribution < -0.4 is 16.0 Å². The Bertz CT molecular complexity index is 2010. The highest BCUT2D eigenvalue weighted by molar-refractivity contribution is 6.00. The summed E-state index contributed by atoms with van der Waals surface area (Å²) in [4.78, 5) is 88.0. The number of hydrogen-bond donors (Lipinski definition) is 3. The fraction of sp³-hybridized carbons (Fsp3) is 0.547. The number of likely N-dealkylation sites (tertiary alicyclic amines) is 1. The van der Waals surface area contributed by atoms with Gasteiger partial charge in [-0.3, -0.25) is 28.8 Å². The van der Waals surface area contributed by atoms with Crippen molar-refractivity contribution in [3.8, 4) is 0 Å². The second kappa shape index (κ2) is 23.1. The molecule has 2 aliphatic carbocycles. The molecule has 2 saturated carbocycles. The third-order valence-corrected chi connectivity index (χ3v) is 14.0. The van der Waals surface area contributed by atoms with Crippen LogP contribution in [0.5, 0.6) is 0 Å². The molecule has 12 nitrogen and oxygen atoms in total. The zero-order valence-electron chi connectivity index (χ0n) is 38.6. The first-order valence-electron chi connectivity index (χ1n) is 24.6. The molecule has 6 amide bonds. The van der Waals surface area contributed by atoms with Gasteiger partial charge in [-0.2, -0.15) is 0 Å². The molecule has 2 saturated heterocycles. The van der Waals surface area contributed by atoms with Gasteiger partial charge in [0.15, 0.2) is 0 Å². The Hall–Kier alpha value is -5.52. The number of hydrogen-bond acceptors (Lipinski definition) is 6. The van der Waals surface area contributed by atoms with E-state index in [0.717, 1.165) is 57.8 Å². The SMILES string of the molecule is CCCCCCCCCC(=O)N1CCN(C(=O)c2ccc(C(=O)N3C[C@@H](C(=O)N[C@H]4C[C@@H]4c4ccccc4)[C@H](C(=O)N[C@H]4C[C@@H]4c4ccccc4)C3)cc2)CC1C(=O)NCCCCCC. The van der Waals surface area contributed by atoms with Crippen LogP contribution in [0.4, 0.5) is 0 Å². The maximum Gasteiger partial charge on any atom is 0.253 e. The van der Waals surface area contributed by atoms with Crippen molar-refractivity contribution in [3.63, 3.8) is 0 Å². The second-order valence-corrected chi connectivity index (χ2v) is 18.8. The Balaban J connectivity index is 0.976. The molecule has 0 radical (unpaired) electrons. The highest BCUT2D eigenvalue weighted by Gasteiger charge is 2.49. The monoisotopic (exact) mass is 887 g/mol. The van der Waals surface area contributed by atoms with E-state index in [4.69, 9.17) is 0 Å². The lowest BCUT2D eigenvalue weighted by molar-refractivity contribution is -0.143. The zero-order chi connectivity index (χ0) is 45.7. The number of benzene rings is 3.